The summed E-state index contributed by atoms with van der Waals surface area (Å²) in [4.78, 5) is 64.7. The number of amides is 2. The van der Waals surface area contributed by atoms with Crippen LogP contribution in [0.1, 0.15) is 43.7 Å². The standard InChI is InChI=1S/C31H25N6O7P/c38-27(19-10-4-1-5-11-19)36(28(39)20-12-6-2-7-13-20)26-24-25(33-31(34-26)37(41)42)35(18-32-24)29-23(45)16-22(44-29)17-43-30(40)21-14-8-3-9-15-21/h1-15,18,22-23,29H,16-17,45H2/t22-,23+,29+/m0/s1. The zero-order valence-electron chi connectivity index (χ0n) is 23.5. The van der Waals surface area contributed by atoms with Crippen LogP contribution in [0.3, 0.4) is 0 Å². The highest BCUT2D eigenvalue weighted by molar-refractivity contribution is 7.17. The molecule has 1 aliphatic rings. The summed E-state index contributed by atoms with van der Waals surface area (Å²) >= 11 is 0. The van der Waals surface area contributed by atoms with Crippen molar-refractivity contribution in [3.05, 3.63) is 124 Å². The fourth-order valence-electron chi connectivity index (χ4n) is 5.00. The highest BCUT2D eigenvalue weighted by Gasteiger charge is 2.39. The monoisotopic (exact) mass is 624 g/mol. The predicted molar refractivity (Wildman–Crippen MR) is 165 cm³/mol. The number of benzene rings is 3. The Labute approximate surface area is 258 Å². The summed E-state index contributed by atoms with van der Waals surface area (Å²) in [7, 11) is 2.66. The normalized spacial score (nSPS) is 17.6. The topological polar surface area (TPSA) is 160 Å². The molecule has 226 valence electrons. The van der Waals surface area contributed by atoms with Gasteiger partial charge in [-0.3, -0.25) is 14.2 Å². The largest absolute Gasteiger partial charge is 0.473 e. The zero-order valence-corrected chi connectivity index (χ0v) is 24.7. The molecular formula is C31H25N6O7P. The molecule has 0 bridgehead atoms. The van der Waals surface area contributed by atoms with E-state index in [2.05, 4.69) is 24.2 Å². The number of ether oxygens (including phenoxy) is 2. The first-order chi connectivity index (χ1) is 21.8. The number of nitrogens with zero attached hydrogens (tertiary/aromatic N) is 6. The number of fused-ring (bicyclic) bond motifs is 1. The molecule has 2 aromatic heterocycles. The van der Waals surface area contributed by atoms with E-state index in [0.717, 1.165) is 4.90 Å². The Balaban J connectivity index is 1.37. The smallest absolute Gasteiger partial charge is 0.459 e. The molecule has 2 amide bonds. The summed E-state index contributed by atoms with van der Waals surface area (Å²) < 4.78 is 13.1. The van der Waals surface area contributed by atoms with Crippen LogP contribution in [0, 0.1) is 10.1 Å². The second kappa shape index (κ2) is 12.7. The highest BCUT2D eigenvalue weighted by Crippen LogP contribution is 2.38. The van der Waals surface area contributed by atoms with Gasteiger partial charge in [-0.15, -0.1) is 9.24 Å². The minimum Gasteiger partial charge on any atom is -0.459 e. The van der Waals surface area contributed by atoms with E-state index in [1.807, 2.05) is 0 Å². The van der Waals surface area contributed by atoms with E-state index in [-0.39, 0.29) is 40.4 Å². The van der Waals surface area contributed by atoms with Crippen molar-refractivity contribution in [3.63, 3.8) is 0 Å². The second-order valence-corrected chi connectivity index (χ2v) is 11.0. The average Bonchev–Trinajstić information content (AvgIpc) is 3.67. The number of carbonyl (C=O) groups excluding carboxylic acids is 3. The van der Waals surface area contributed by atoms with Gasteiger partial charge in [0.1, 0.15) is 19.2 Å². The predicted octanol–water partition coefficient (Wildman–Crippen LogP) is 4.61. The summed E-state index contributed by atoms with van der Waals surface area (Å²) in [5.41, 5.74) is 0.464. The molecule has 0 N–H and O–H groups in total. The molecule has 3 heterocycles. The molecule has 3 aromatic carbocycles. The van der Waals surface area contributed by atoms with Crippen molar-refractivity contribution in [3.8, 4) is 0 Å². The van der Waals surface area contributed by atoms with Crippen molar-refractivity contribution < 1.29 is 28.8 Å². The lowest BCUT2D eigenvalue weighted by Crippen LogP contribution is -2.38. The van der Waals surface area contributed by atoms with Gasteiger partial charge in [-0.1, -0.05) is 54.6 Å². The van der Waals surface area contributed by atoms with Gasteiger partial charge in [-0.25, -0.2) is 14.7 Å². The van der Waals surface area contributed by atoms with Crippen LogP contribution in [0.4, 0.5) is 11.8 Å². The summed E-state index contributed by atoms with van der Waals surface area (Å²) in [5, 5.41) is 12.0. The Kier molecular flexibility index (Phi) is 8.37. The van der Waals surface area contributed by atoms with E-state index in [1.165, 1.54) is 35.2 Å². The third-order valence-electron chi connectivity index (χ3n) is 7.13. The highest BCUT2D eigenvalue weighted by atomic mass is 31.0. The lowest BCUT2D eigenvalue weighted by molar-refractivity contribution is -0.394. The third kappa shape index (κ3) is 6.03. The maximum atomic E-state index is 13.8. The van der Waals surface area contributed by atoms with Crippen molar-refractivity contribution in [2.24, 2.45) is 0 Å². The minimum atomic E-state index is -0.836. The molecule has 0 aliphatic carbocycles. The molecule has 6 rings (SSSR count). The van der Waals surface area contributed by atoms with Crippen molar-refractivity contribution in [1.82, 2.24) is 19.5 Å². The molecule has 45 heavy (non-hydrogen) atoms. The van der Waals surface area contributed by atoms with Crippen molar-refractivity contribution in [1.29, 1.82) is 0 Å². The average molecular weight is 625 g/mol. The maximum absolute atomic E-state index is 13.8. The Bertz CT molecular complexity index is 1840. The fourth-order valence-corrected chi connectivity index (χ4v) is 5.58. The number of anilines is 1. The lowest BCUT2D eigenvalue weighted by atomic mass is 10.1. The first-order valence-corrected chi connectivity index (χ1v) is 14.5. The fraction of sp³-hybridized carbons (Fsp3) is 0.161. The Hall–Kier alpha value is -5.39. The number of carbonyl (C=O) groups is 3. The molecule has 4 atom stereocenters. The van der Waals surface area contributed by atoms with Crippen LogP contribution in [-0.2, 0) is 9.47 Å². The van der Waals surface area contributed by atoms with Gasteiger partial charge in [0.05, 0.1) is 11.7 Å². The van der Waals surface area contributed by atoms with Crippen LogP contribution in [0.2, 0.25) is 0 Å². The third-order valence-corrected chi connectivity index (χ3v) is 7.73. The molecule has 14 heteroatoms. The van der Waals surface area contributed by atoms with Gasteiger partial charge in [0.25, 0.3) is 17.6 Å². The van der Waals surface area contributed by atoms with Gasteiger partial charge in [0.2, 0.25) is 5.65 Å². The van der Waals surface area contributed by atoms with Gasteiger partial charge in [-0.05, 0) is 57.7 Å². The maximum Gasteiger partial charge on any atom is 0.473 e. The number of hydrogen-bond acceptors (Lipinski definition) is 10. The van der Waals surface area contributed by atoms with Crippen LogP contribution in [-0.4, -0.2) is 60.6 Å². The number of imidazole rings is 1. The van der Waals surface area contributed by atoms with E-state index in [9.17, 15) is 24.5 Å². The first-order valence-electron chi connectivity index (χ1n) is 13.8. The van der Waals surface area contributed by atoms with Crippen LogP contribution < -0.4 is 4.90 Å². The number of aromatic nitrogens is 4. The van der Waals surface area contributed by atoms with Gasteiger partial charge >= 0.3 is 11.9 Å². The Morgan fingerprint density at radius 2 is 1.47 bits per heavy atom. The van der Waals surface area contributed by atoms with E-state index in [4.69, 9.17) is 9.47 Å². The van der Waals surface area contributed by atoms with Gasteiger partial charge in [-0.2, -0.15) is 0 Å². The minimum absolute atomic E-state index is 0.0159. The summed E-state index contributed by atoms with van der Waals surface area (Å²) in [5.74, 6) is -3.18. The van der Waals surface area contributed by atoms with Crippen LogP contribution >= 0.6 is 9.24 Å². The van der Waals surface area contributed by atoms with Crippen molar-refractivity contribution >= 4 is 50.0 Å². The number of hydrogen-bond donors (Lipinski definition) is 0. The number of esters is 1. The molecular weight excluding hydrogens is 599 g/mol. The SMILES string of the molecule is O=C(OC[C@@H]1C[C@@H](P)[C@H](n2cnc3c(N(C(=O)c4ccccc4)C(=O)c4ccccc4)nc([N+](=O)[O-])nc32)O1)c1ccccc1. The molecule has 0 saturated carbocycles. The van der Waals surface area contributed by atoms with E-state index in [0.29, 0.717) is 12.0 Å². The first kappa shape index (κ1) is 29.7. The number of imide groups is 1. The molecule has 13 nitrogen and oxygen atoms in total. The molecule has 0 spiro atoms. The number of nitro groups is 1. The molecule has 5 aromatic rings. The van der Waals surface area contributed by atoms with Gasteiger partial charge in [0, 0.05) is 16.8 Å². The van der Waals surface area contributed by atoms with Gasteiger partial charge in [0.15, 0.2) is 5.52 Å². The molecule has 1 unspecified atom stereocenters. The summed E-state index contributed by atoms with van der Waals surface area (Å²) in [6.07, 6.45) is 0.619. The van der Waals surface area contributed by atoms with Crippen molar-refractivity contribution in [2.45, 2.75) is 24.4 Å². The van der Waals surface area contributed by atoms with E-state index >= 15 is 0 Å². The lowest BCUT2D eigenvalue weighted by Gasteiger charge is -2.19. The number of rotatable bonds is 8. The van der Waals surface area contributed by atoms with E-state index in [1.54, 1.807) is 66.7 Å². The zero-order chi connectivity index (χ0) is 31.5. The molecule has 1 aliphatic heterocycles. The second-order valence-electron chi connectivity index (χ2n) is 10.1. The molecule has 1 saturated heterocycles. The molecule has 0 radical (unpaired) electrons. The van der Waals surface area contributed by atoms with Gasteiger partial charge < -0.3 is 19.6 Å². The summed E-state index contributed by atoms with van der Waals surface area (Å²) in [6.45, 7) is -0.0208. The van der Waals surface area contributed by atoms with Crippen LogP contribution in [0.25, 0.3) is 11.2 Å². The molecule has 1 fully saturated rings. The van der Waals surface area contributed by atoms with E-state index < -0.39 is 41.0 Å². The van der Waals surface area contributed by atoms with Crippen LogP contribution in [0.5, 0.6) is 0 Å². The Morgan fingerprint density at radius 3 is 2.02 bits per heavy atom. The quantitative estimate of drug-likeness (QED) is 0.0784. The van der Waals surface area contributed by atoms with Crippen molar-refractivity contribution in [2.75, 3.05) is 11.5 Å². The summed E-state index contributed by atoms with van der Waals surface area (Å²) in [6, 6.07) is 24.6. The Morgan fingerprint density at radius 1 is 0.911 bits per heavy atom. The van der Waals surface area contributed by atoms with Crippen LogP contribution in [0.15, 0.2) is 97.3 Å².